The molecule has 4 atom stereocenters. The summed E-state index contributed by atoms with van der Waals surface area (Å²) in [4.78, 5) is 17.5. The molecule has 1 saturated heterocycles. The molecule has 2 N–H and O–H groups in total. The van der Waals surface area contributed by atoms with E-state index in [1.807, 2.05) is 7.05 Å². The third-order valence-corrected chi connectivity index (χ3v) is 6.26. The Morgan fingerprint density at radius 2 is 1.86 bits per heavy atom. The predicted molar refractivity (Wildman–Crippen MR) is 84.8 cm³/mol. The number of carbonyl (C=O) groups excluding carboxylic acids is 1. The molecule has 0 radical (unpaired) electrons. The molecular weight excluding hydrogens is 262 g/mol. The van der Waals surface area contributed by atoms with Gasteiger partial charge in [0, 0.05) is 32.2 Å². The van der Waals surface area contributed by atoms with Crippen molar-refractivity contribution in [2.24, 2.45) is 23.5 Å². The summed E-state index contributed by atoms with van der Waals surface area (Å²) in [7, 11) is 2.02. The lowest BCUT2D eigenvalue weighted by Gasteiger charge is -2.39. The highest BCUT2D eigenvalue weighted by Crippen LogP contribution is 2.48. The van der Waals surface area contributed by atoms with Gasteiger partial charge in [-0.25, -0.2) is 0 Å². The summed E-state index contributed by atoms with van der Waals surface area (Å²) in [5.74, 6) is 1.63. The van der Waals surface area contributed by atoms with Gasteiger partial charge in [-0.2, -0.15) is 0 Å². The van der Waals surface area contributed by atoms with Crippen LogP contribution < -0.4 is 5.73 Å². The van der Waals surface area contributed by atoms with Crippen molar-refractivity contribution >= 4 is 5.91 Å². The number of piperidine rings is 1. The molecule has 2 bridgehead atoms. The molecule has 3 fully saturated rings. The van der Waals surface area contributed by atoms with Gasteiger partial charge in [0.1, 0.15) is 0 Å². The van der Waals surface area contributed by atoms with Gasteiger partial charge < -0.3 is 15.5 Å². The first-order chi connectivity index (χ1) is 10.1. The Balaban J connectivity index is 1.56. The Morgan fingerprint density at radius 1 is 1.19 bits per heavy atom. The van der Waals surface area contributed by atoms with Crippen LogP contribution in [0.4, 0.5) is 0 Å². The number of nitrogens with zero attached hydrogens (tertiary/aromatic N) is 2. The smallest absolute Gasteiger partial charge is 0.227 e. The summed E-state index contributed by atoms with van der Waals surface area (Å²) in [6.07, 6.45) is 7.13. The molecule has 120 valence electrons. The largest absolute Gasteiger partial charge is 0.342 e. The van der Waals surface area contributed by atoms with Crippen LogP contribution in [0.2, 0.25) is 0 Å². The summed E-state index contributed by atoms with van der Waals surface area (Å²) in [6.45, 7) is 5.71. The minimum atomic E-state index is 0.113. The Kier molecular flexibility index (Phi) is 4.55. The standard InChI is InChI=1S/C17H31N3O/c1-3-8-20-9-6-14(7-10-20)19(2)17(21)15-12-4-5-13(11-12)16(15)18/h12-16H,3-11,18H2,1-2H3. The summed E-state index contributed by atoms with van der Waals surface area (Å²) in [6, 6.07) is 0.552. The van der Waals surface area contributed by atoms with E-state index in [0.29, 0.717) is 23.8 Å². The van der Waals surface area contributed by atoms with Crippen molar-refractivity contribution in [2.75, 3.05) is 26.7 Å². The molecule has 3 rings (SSSR count). The fourth-order valence-corrected chi connectivity index (χ4v) is 4.96. The van der Waals surface area contributed by atoms with Crippen LogP contribution in [0.5, 0.6) is 0 Å². The third kappa shape index (κ3) is 2.85. The SMILES string of the molecule is CCCN1CCC(N(C)C(=O)C2C3CCC(C3)C2N)CC1. The molecule has 4 nitrogen and oxygen atoms in total. The van der Waals surface area contributed by atoms with E-state index in [2.05, 4.69) is 16.7 Å². The van der Waals surface area contributed by atoms with Gasteiger partial charge in [0.2, 0.25) is 5.91 Å². The van der Waals surface area contributed by atoms with Gasteiger partial charge in [-0.05, 0) is 56.9 Å². The van der Waals surface area contributed by atoms with Gasteiger partial charge in [0.25, 0.3) is 0 Å². The van der Waals surface area contributed by atoms with Gasteiger partial charge in [0.15, 0.2) is 0 Å². The first-order valence-electron chi connectivity index (χ1n) is 8.86. The molecule has 4 unspecified atom stereocenters. The van der Waals surface area contributed by atoms with E-state index in [1.165, 1.54) is 32.2 Å². The number of nitrogens with two attached hydrogens (primary N) is 1. The van der Waals surface area contributed by atoms with Gasteiger partial charge in [-0.3, -0.25) is 4.79 Å². The highest BCUT2D eigenvalue weighted by Gasteiger charge is 2.50. The van der Waals surface area contributed by atoms with E-state index < -0.39 is 0 Å². The van der Waals surface area contributed by atoms with Gasteiger partial charge in [0.05, 0.1) is 5.92 Å². The molecule has 0 spiro atoms. The molecule has 1 heterocycles. The topological polar surface area (TPSA) is 49.6 Å². The highest BCUT2D eigenvalue weighted by molar-refractivity contribution is 5.80. The van der Waals surface area contributed by atoms with Gasteiger partial charge in [-0.15, -0.1) is 0 Å². The Hall–Kier alpha value is -0.610. The lowest BCUT2D eigenvalue weighted by atomic mass is 9.83. The molecule has 2 aliphatic carbocycles. The van der Waals surface area contributed by atoms with E-state index in [9.17, 15) is 4.79 Å². The number of carbonyl (C=O) groups is 1. The molecule has 3 aliphatic rings. The van der Waals surface area contributed by atoms with Crippen LogP contribution in [-0.4, -0.2) is 54.5 Å². The zero-order valence-corrected chi connectivity index (χ0v) is 13.6. The Morgan fingerprint density at radius 3 is 2.43 bits per heavy atom. The minimum Gasteiger partial charge on any atom is -0.342 e. The average molecular weight is 293 g/mol. The molecule has 1 aliphatic heterocycles. The summed E-state index contributed by atoms with van der Waals surface area (Å²) in [5, 5.41) is 0. The van der Waals surface area contributed by atoms with Crippen molar-refractivity contribution in [1.82, 2.24) is 9.80 Å². The van der Waals surface area contributed by atoms with E-state index in [4.69, 9.17) is 5.73 Å². The molecule has 21 heavy (non-hydrogen) atoms. The quantitative estimate of drug-likeness (QED) is 0.858. The molecule has 4 heteroatoms. The fourth-order valence-electron chi connectivity index (χ4n) is 4.96. The van der Waals surface area contributed by atoms with Crippen molar-refractivity contribution in [3.63, 3.8) is 0 Å². The minimum absolute atomic E-state index is 0.113. The molecule has 0 aromatic rings. The van der Waals surface area contributed by atoms with Crippen molar-refractivity contribution in [2.45, 2.75) is 57.5 Å². The van der Waals surface area contributed by atoms with Crippen molar-refractivity contribution in [3.8, 4) is 0 Å². The van der Waals surface area contributed by atoms with Gasteiger partial charge >= 0.3 is 0 Å². The van der Waals surface area contributed by atoms with E-state index in [1.54, 1.807) is 0 Å². The van der Waals surface area contributed by atoms with Crippen LogP contribution in [-0.2, 0) is 4.79 Å². The normalized spacial score (nSPS) is 37.1. The molecule has 0 aromatic heterocycles. The summed E-state index contributed by atoms with van der Waals surface area (Å²) >= 11 is 0. The van der Waals surface area contributed by atoms with Crippen LogP contribution in [0.25, 0.3) is 0 Å². The van der Waals surface area contributed by atoms with Crippen molar-refractivity contribution < 1.29 is 4.79 Å². The lowest BCUT2D eigenvalue weighted by Crippen LogP contribution is -2.51. The van der Waals surface area contributed by atoms with Crippen LogP contribution in [0.3, 0.4) is 0 Å². The summed E-state index contributed by atoms with van der Waals surface area (Å²) in [5.41, 5.74) is 6.34. The van der Waals surface area contributed by atoms with Crippen LogP contribution >= 0.6 is 0 Å². The van der Waals surface area contributed by atoms with Crippen LogP contribution in [0, 0.1) is 17.8 Å². The summed E-state index contributed by atoms with van der Waals surface area (Å²) < 4.78 is 0. The number of likely N-dealkylation sites (tertiary alicyclic amines) is 1. The maximum Gasteiger partial charge on any atom is 0.227 e. The Labute approximate surface area is 129 Å². The number of hydrogen-bond acceptors (Lipinski definition) is 3. The fraction of sp³-hybridized carbons (Fsp3) is 0.941. The molecule has 2 saturated carbocycles. The van der Waals surface area contributed by atoms with E-state index >= 15 is 0 Å². The first-order valence-corrected chi connectivity index (χ1v) is 8.86. The molecule has 1 amide bonds. The maximum absolute atomic E-state index is 12.9. The number of amides is 1. The lowest BCUT2D eigenvalue weighted by molar-refractivity contribution is -0.139. The highest BCUT2D eigenvalue weighted by atomic mass is 16.2. The number of rotatable bonds is 4. The number of hydrogen-bond donors (Lipinski definition) is 1. The second kappa shape index (κ2) is 6.25. The van der Waals surface area contributed by atoms with E-state index in [0.717, 1.165) is 25.9 Å². The number of fused-ring (bicyclic) bond motifs is 2. The first kappa shape index (κ1) is 15.3. The monoisotopic (exact) mass is 293 g/mol. The molecule has 0 aromatic carbocycles. The zero-order valence-electron chi connectivity index (χ0n) is 13.6. The van der Waals surface area contributed by atoms with Crippen LogP contribution in [0.15, 0.2) is 0 Å². The average Bonchev–Trinajstić information content (AvgIpc) is 3.08. The zero-order chi connectivity index (χ0) is 15.0. The van der Waals surface area contributed by atoms with Crippen LogP contribution in [0.1, 0.15) is 45.4 Å². The van der Waals surface area contributed by atoms with Crippen molar-refractivity contribution in [3.05, 3.63) is 0 Å². The second-order valence-electron chi connectivity index (χ2n) is 7.46. The predicted octanol–water partition coefficient (Wildman–Crippen LogP) is 1.69. The van der Waals surface area contributed by atoms with Gasteiger partial charge in [-0.1, -0.05) is 6.92 Å². The maximum atomic E-state index is 12.9. The third-order valence-electron chi connectivity index (χ3n) is 6.26. The van der Waals surface area contributed by atoms with E-state index in [-0.39, 0.29) is 12.0 Å². The Bertz CT molecular complexity index is 376. The second-order valence-corrected chi connectivity index (χ2v) is 7.46. The van der Waals surface area contributed by atoms with Crippen molar-refractivity contribution in [1.29, 1.82) is 0 Å². The molecular formula is C17H31N3O.